The summed E-state index contributed by atoms with van der Waals surface area (Å²) >= 11 is 0. The number of carboxylic acids is 1. The van der Waals surface area contributed by atoms with E-state index in [4.69, 9.17) is 9.84 Å². The molecule has 0 fully saturated rings. The predicted molar refractivity (Wildman–Crippen MR) is 36.2 cm³/mol. The lowest BCUT2D eigenvalue weighted by molar-refractivity contribution is -0.129. The SMILES string of the molecule is CCOC1CC(C(=O)O)=NO1. The number of hydrogen-bond acceptors (Lipinski definition) is 4. The number of rotatable bonds is 3. The second kappa shape index (κ2) is 3.34. The molecule has 0 amide bonds. The van der Waals surface area contributed by atoms with Crippen LogP contribution in [-0.2, 0) is 14.4 Å². The molecule has 0 aromatic rings. The van der Waals surface area contributed by atoms with Crippen molar-refractivity contribution in [2.45, 2.75) is 19.6 Å². The summed E-state index contributed by atoms with van der Waals surface area (Å²) in [4.78, 5) is 14.9. The molecule has 0 aromatic carbocycles. The molecule has 1 atom stereocenters. The summed E-state index contributed by atoms with van der Waals surface area (Å²) in [5.41, 5.74) is 0.0171. The van der Waals surface area contributed by atoms with Crippen LogP contribution in [0.15, 0.2) is 5.16 Å². The van der Waals surface area contributed by atoms with Crippen molar-refractivity contribution in [3.05, 3.63) is 0 Å². The molecule has 0 radical (unpaired) electrons. The topological polar surface area (TPSA) is 68.1 Å². The first kappa shape index (κ1) is 8.00. The minimum Gasteiger partial charge on any atom is -0.477 e. The molecule has 1 aliphatic rings. The Morgan fingerprint density at radius 2 is 2.73 bits per heavy atom. The standard InChI is InChI=1S/C6H9NO4/c1-2-10-5-3-4(6(8)9)7-11-5/h5H,2-3H2,1H3,(H,8,9). The van der Waals surface area contributed by atoms with Gasteiger partial charge < -0.3 is 14.7 Å². The molecule has 1 N–H and O–H groups in total. The number of nitrogens with zero attached hydrogens (tertiary/aromatic N) is 1. The van der Waals surface area contributed by atoms with Gasteiger partial charge in [-0.25, -0.2) is 4.79 Å². The van der Waals surface area contributed by atoms with E-state index in [1.54, 1.807) is 0 Å². The van der Waals surface area contributed by atoms with Gasteiger partial charge in [0.05, 0.1) is 6.42 Å². The van der Waals surface area contributed by atoms with Crippen LogP contribution in [0, 0.1) is 0 Å². The molecule has 0 saturated carbocycles. The maximum atomic E-state index is 10.3. The highest BCUT2D eigenvalue weighted by atomic mass is 16.8. The van der Waals surface area contributed by atoms with Crippen molar-refractivity contribution in [1.82, 2.24) is 0 Å². The van der Waals surface area contributed by atoms with Gasteiger partial charge in [0, 0.05) is 6.61 Å². The van der Waals surface area contributed by atoms with Crippen molar-refractivity contribution in [3.63, 3.8) is 0 Å². The maximum absolute atomic E-state index is 10.3. The van der Waals surface area contributed by atoms with Crippen molar-refractivity contribution >= 4 is 11.7 Å². The van der Waals surface area contributed by atoms with E-state index in [0.717, 1.165) is 0 Å². The molecule has 1 aliphatic heterocycles. The first-order chi connectivity index (χ1) is 5.24. The molecule has 0 aromatic heterocycles. The fraction of sp³-hybridized carbons (Fsp3) is 0.667. The van der Waals surface area contributed by atoms with Crippen molar-refractivity contribution in [1.29, 1.82) is 0 Å². The lowest BCUT2D eigenvalue weighted by Gasteiger charge is -2.05. The van der Waals surface area contributed by atoms with Gasteiger partial charge in [-0.2, -0.15) is 0 Å². The molecule has 0 aliphatic carbocycles. The molecule has 11 heavy (non-hydrogen) atoms. The molecule has 5 heteroatoms. The van der Waals surface area contributed by atoms with E-state index >= 15 is 0 Å². The first-order valence-corrected chi connectivity index (χ1v) is 3.31. The Balaban J connectivity index is 2.37. The summed E-state index contributed by atoms with van der Waals surface area (Å²) in [6, 6.07) is 0. The van der Waals surface area contributed by atoms with Crippen LogP contribution in [0.5, 0.6) is 0 Å². The second-order valence-electron chi connectivity index (χ2n) is 2.04. The second-order valence-corrected chi connectivity index (χ2v) is 2.04. The number of hydrogen-bond donors (Lipinski definition) is 1. The fourth-order valence-electron chi connectivity index (χ4n) is 0.756. The van der Waals surface area contributed by atoms with Gasteiger partial charge >= 0.3 is 5.97 Å². The molecule has 0 saturated heterocycles. The van der Waals surface area contributed by atoms with Crippen molar-refractivity contribution in [2.75, 3.05) is 6.61 Å². The van der Waals surface area contributed by atoms with Crippen LogP contribution < -0.4 is 0 Å². The molecule has 62 valence electrons. The zero-order valence-corrected chi connectivity index (χ0v) is 6.11. The molecule has 0 bridgehead atoms. The van der Waals surface area contributed by atoms with Crippen LogP contribution in [0.4, 0.5) is 0 Å². The Labute approximate surface area is 63.6 Å². The summed E-state index contributed by atoms with van der Waals surface area (Å²) in [5.74, 6) is -1.05. The highest BCUT2D eigenvalue weighted by Gasteiger charge is 2.25. The normalized spacial score (nSPS) is 22.6. The Morgan fingerprint density at radius 3 is 3.18 bits per heavy atom. The molecule has 1 unspecified atom stereocenters. The molecule has 1 heterocycles. The van der Waals surface area contributed by atoms with Crippen LogP contribution in [0.2, 0.25) is 0 Å². The molecule has 5 nitrogen and oxygen atoms in total. The Morgan fingerprint density at radius 1 is 2.00 bits per heavy atom. The molecule has 0 spiro atoms. The minimum absolute atomic E-state index is 0.0171. The van der Waals surface area contributed by atoms with Crippen molar-refractivity contribution < 1.29 is 19.5 Å². The van der Waals surface area contributed by atoms with Gasteiger partial charge in [-0.3, -0.25) is 0 Å². The van der Waals surface area contributed by atoms with Gasteiger partial charge in [0.1, 0.15) is 0 Å². The smallest absolute Gasteiger partial charge is 0.353 e. The number of aliphatic carboxylic acids is 1. The summed E-state index contributed by atoms with van der Waals surface area (Å²) in [6.45, 7) is 2.30. The van der Waals surface area contributed by atoms with E-state index < -0.39 is 12.3 Å². The van der Waals surface area contributed by atoms with Crippen molar-refractivity contribution in [3.8, 4) is 0 Å². The summed E-state index contributed by atoms with van der Waals surface area (Å²) in [7, 11) is 0. The summed E-state index contributed by atoms with van der Waals surface area (Å²) in [5, 5.41) is 11.8. The van der Waals surface area contributed by atoms with Gasteiger partial charge in [0.2, 0.25) is 6.29 Å². The van der Waals surface area contributed by atoms with E-state index in [-0.39, 0.29) is 12.1 Å². The molecular formula is C6H9NO4. The van der Waals surface area contributed by atoms with Crippen LogP contribution >= 0.6 is 0 Å². The van der Waals surface area contributed by atoms with Crippen LogP contribution in [0.25, 0.3) is 0 Å². The quantitative estimate of drug-likeness (QED) is 0.639. The van der Waals surface area contributed by atoms with E-state index in [1.165, 1.54) is 0 Å². The Hall–Kier alpha value is -1.10. The van der Waals surface area contributed by atoms with E-state index in [1.807, 2.05) is 6.92 Å². The average Bonchev–Trinajstić information content (AvgIpc) is 2.37. The van der Waals surface area contributed by atoms with Crippen LogP contribution in [0.1, 0.15) is 13.3 Å². The lowest BCUT2D eigenvalue weighted by atomic mass is 10.3. The zero-order valence-electron chi connectivity index (χ0n) is 6.11. The largest absolute Gasteiger partial charge is 0.477 e. The zero-order chi connectivity index (χ0) is 8.27. The monoisotopic (exact) mass is 159 g/mol. The van der Waals surface area contributed by atoms with E-state index in [0.29, 0.717) is 6.61 Å². The predicted octanol–water partition coefficient (Wildman–Crippen LogP) is 0.210. The average molecular weight is 159 g/mol. The van der Waals surface area contributed by atoms with Gasteiger partial charge in [-0.05, 0) is 6.92 Å². The van der Waals surface area contributed by atoms with Crippen molar-refractivity contribution in [2.24, 2.45) is 5.16 Å². The first-order valence-electron chi connectivity index (χ1n) is 3.31. The van der Waals surface area contributed by atoms with Gasteiger partial charge in [-0.1, -0.05) is 5.16 Å². The summed E-state index contributed by atoms with van der Waals surface area (Å²) in [6.07, 6.45) is -0.283. The third-order valence-corrected chi connectivity index (χ3v) is 1.24. The fourth-order valence-corrected chi connectivity index (χ4v) is 0.756. The van der Waals surface area contributed by atoms with Gasteiger partial charge in [0.15, 0.2) is 5.71 Å². The molecular weight excluding hydrogens is 150 g/mol. The van der Waals surface area contributed by atoms with Gasteiger partial charge in [0.25, 0.3) is 0 Å². The number of oxime groups is 1. The van der Waals surface area contributed by atoms with Crippen LogP contribution in [-0.4, -0.2) is 29.7 Å². The Kier molecular flexibility index (Phi) is 2.43. The lowest BCUT2D eigenvalue weighted by Crippen LogP contribution is -2.16. The van der Waals surface area contributed by atoms with E-state index in [9.17, 15) is 4.79 Å². The van der Waals surface area contributed by atoms with Gasteiger partial charge in [-0.15, -0.1) is 0 Å². The summed E-state index contributed by atoms with van der Waals surface area (Å²) < 4.78 is 4.98. The minimum atomic E-state index is -1.05. The highest BCUT2D eigenvalue weighted by molar-refractivity contribution is 6.35. The third kappa shape index (κ3) is 1.91. The number of carboxylic acid groups (broad SMARTS) is 1. The number of ether oxygens (including phenoxy) is 1. The van der Waals surface area contributed by atoms with Crippen LogP contribution in [0.3, 0.4) is 0 Å². The third-order valence-electron chi connectivity index (χ3n) is 1.24. The maximum Gasteiger partial charge on any atom is 0.353 e. The Bertz CT molecular complexity index is 189. The molecule has 1 rings (SSSR count). The number of carbonyl (C=O) groups is 1. The highest BCUT2D eigenvalue weighted by Crippen LogP contribution is 2.11. The van der Waals surface area contributed by atoms with E-state index in [2.05, 4.69) is 9.99 Å².